The van der Waals surface area contributed by atoms with Crippen LogP contribution in [0.1, 0.15) is 5.56 Å². The number of nitrogens with zero attached hydrogens (tertiary/aromatic N) is 1. The predicted molar refractivity (Wildman–Crippen MR) is 62.9 cm³/mol. The number of aromatic amines is 1. The lowest BCUT2D eigenvalue weighted by Crippen LogP contribution is -2.31. The van der Waals surface area contributed by atoms with Crippen molar-refractivity contribution in [1.82, 2.24) is 9.55 Å². The van der Waals surface area contributed by atoms with Crippen molar-refractivity contribution in [3.8, 4) is 5.75 Å². The van der Waals surface area contributed by atoms with Crippen LogP contribution in [0.15, 0.2) is 40.1 Å². The van der Waals surface area contributed by atoms with E-state index in [4.69, 9.17) is 10.8 Å². The molecule has 4 N–H and O–H groups in total. The number of benzene rings is 1. The topological polar surface area (TPSA) is 101 Å². The number of nitrogen functional groups attached to an aromatic ring is 1. The zero-order valence-electron chi connectivity index (χ0n) is 8.88. The lowest BCUT2D eigenvalue weighted by molar-refractivity contribution is 0.475. The molecule has 2 rings (SSSR count). The molecule has 0 atom stereocenters. The zero-order valence-corrected chi connectivity index (χ0v) is 8.88. The van der Waals surface area contributed by atoms with Gasteiger partial charge in [-0.2, -0.15) is 0 Å². The minimum absolute atomic E-state index is 0.0108. The molecule has 1 heterocycles. The van der Waals surface area contributed by atoms with Crippen LogP contribution < -0.4 is 17.0 Å². The van der Waals surface area contributed by atoms with Crippen molar-refractivity contribution in [2.24, 2.45) is 0 Å². The van der Waals surface area contributed by atoms with Crippen molar-refractivity contribution in [1.29, 1.82) is 0 Å². The van der Waals surface area contributed by atoms with Crippen molar-refractivity contribution in [2.45, 2.75) is 6.54 Å². The Morgan fingerprint density at radius 2 is 1.88 bits per heavy atom. The van der Waals surface area contributed by atoms with Gasteiger partial charge in [0.1, 0.15) is 11.4 Å². The normalized spacial score (nSPS) is 10.4. The van der Waals surface area contributed by atoms with Crippen LogP contribution in [-0.2, 0) is 6.54 Å². The lowest BCUT2D eigenvalue weighted by Gasteiger charge is -2.05. The standard InChI is InChI=1S/C11H11N3O3/c12-9-6-14(11(17)13-10(9)16)5-7-1-3-8(15)4-2-7/h1-4,6,15H,5,12H2,(H,13,16,17). The molecule has 0 spiro atoms. The molecule has 0 aliphatic carbocycles. The SMILES string of the molecule is Nc1cn(Cc2ccc(O)cc2)c(=O)[nH]c1=O. The maximum atomic E-state index is 11.5. The Morgan fingerprint density at radius 1 is 1.24 bits per heavy atom. The highest BCUT2D eigenvalue weighted by atomic mass is 16.3. The summed E-state index contributed by atoms with van der Waals surface area (Å²) in [5.74, 6) is 0.155. The molecule has 0 saturated carbocycles. The zero-order chi connectivity index (χ0) is 12.4. The minimum Gasteiger partial charge on any atom is -0.508 e. The molecular formula is C11H11N3O3. The second-order valence-corrected chi connectivity index (χ2v) is 3.64. The largest absolute Gasteiger partial charge is 0.508 e. The Labute approximate surface area is 96.0 Å². The lowest BCUT2D eigenvalue weighted by atomic mass is 10.2. The quantitative estimate of drug-likeness (QED) is 0.672. The average molecular weight is 233 g/mol. The van der Waals surface area contributed by atoms with E-state index in [1.165, 1.54) is 22.9 Å². The van der Waals surface area contributed by atoms with Crippen LogP contribution >= 0.6 is 0 Å². The molecule has 17 heavy (non-hydrogen) atoms. The van der Waals surface area contributed by atoms with Crippen molar-refractivity contribution in [3.63, 3.8) is 0 Å². The number of phenols is 1. The van der Waals surface area contributed by atoms with E-state index in [0.29, 0.717) is 0 Å². The van der Waals surface area contributed by atoms with E-state index >= 15 is 0 Å². The predicted octanol–water partition coefficient (Wildman–Crippen LogP) is -0.127. The Bertz CT molecular complexity index is 640. The van der Waals surface area contributed by atoms with Crippen molar-refractivity contribution >= 4 is 5.69 Å². The van der Waals surface area contributed by atoms with Gasteiger partial charge >= 0.3 is 5.69 Å². The summed E-state index contributed by atoms with van der Waals surface area (Å²) < 4.78 is 1.29. The van der Waals surface area contributed by atoms with Gasteiger partial charge < -0.3 is 10.8 Å². The van der Waals surface area contributed by atoms with Crippen LogP contribution in [0.5, 0.6) is 5.75 Å². The van der Waals surface area contributed by atoms with Gasteiger partial charge in [0.05, 0.1) is 6.54 Å². The average Bonchev–Trinajstić information content (AvgIpc) is 2.29. The molecule has 1 aromatic heterocycles. The number of nitrogens with two attached hydrogens (primary N) is 1. The second-order valence-electron chi connectivity index (χ2n) is 3.64. The fourth-order valence-electron chi connectivity index (χ4n) is 1.44. The highest BCUT2D eigenvalue weighted by molar-refractivity contribution is 5.31. The molecule has 0 radical (unpaired) electrons. The summed E-state index contributed by atoms with van der Waals surface area (Å²) in [7, 11) is 0. The maximum absolute atomic E-state index is 11.5. The number of phenolic OH excluding ortho intramolecular Hbond substituents is 1. The maximum Gasteiger partial charge on any atom is 0.328 e. The molecule has 6 nitrogen and oxygen atoms in total. The summed E-state index contributed by atoms with van der Waals surface area (Å²) in [5, 5.41) is 9.12. The highest BCUT2D eigenvalue weighted by Gasteiger charge is 2.02. The van der Waals surface area contributed by atoms with Gasteiger partial charge in [-0.3, -0.25) is 14.3 Å². The summed E-state index contributed by atoms with van der Waals surface area (Å²) in [6, 6.07) is 6.41. The van der Waals surface area contributed by atoms with Crippen molar-refractivity contribution in [2.75, 3.05) is 5.73 Å². The van der Waals surface area contributed by atoms with E-state index in [9.17, 15) is 9.59 Å². The first kappa shape index (κ1) is 11.0. The molecule has 0 aliphatic heterocycles. The number of aromatic hydroxyl groups is 1. The number of rotatable bonds is 2. The second kappa shape index (κ2) is 4.17. The van der Waals surface area contributed by atoms with Gasteiger partial charge in [0.25, 0.3) is 5.56 Å². The first-order valence-electron chi connectivity index (χ1n) is 4.93. The Hall–Kier alpha value is -2.50. The van der Waals surface area contributed by atoms with Gasteiger partial charge in [-0.25, -0.2) is 4.79 Å². The number of H-pyrrole nitrogens is 1. The Morgan fingerprint density at radius 3 is 2.53 bits per heavy atom. The third-order valence-corrected chi connectivity index (χ3v) is 2.33. The van der Waals surface area contributed by atoms with Gasteiger partial charge in [-0.05, 0) is 17.7 Å². The van der Waals surface area contributed by atoms with Gasteiger partial charge in [-0.15, -0.1) is 0 Å². The van der Waals surface area contributed by atoms with E-state index in [-0.39, 0.29) is 18.0 Å². The fourth-order valence-corrected chi connectivity index (χ4v) is 1.44. The molecule has 0 unspecified atom stereocenters. The van der Waals surface area contributed by atoms with E-state index in [0.717, 1.165) is 5.56 Å². The molecule has 6 heteroatoms. The highest BCUT2D eigenvalue weighted by Crippen LogP contribution is 2.10. The van der Waals surface area contributed by atoms with Crippen LogP contribution in [0.2, 0.25) is 0 Å². The van der Waals surface area contributed by atoms with Crippen molar-refractivity contribution < 1.29 is 5.11 Å². The molecule has 88 valence electrons. The number of hydrogen-bond donors (Lipinski definition) is 3. The summed E-state index contributed by atoms with van der Waals surface area (Å²) >= 11 is 0. The first-order chi connectivity index (χ1) is 8.06. The number of nitrogens with one attached hydrogen (secondary N) is 1. The monoisotopic (exact) mass is 233 g/mol. The van der Waals surface area contributed by atoms with E-state index in [1.54, 1.807) is 12.1 Å². The summed E-state index contributed by atoms with van der Waals surface area (Å²) in [6.45, 7) is 0.278. The van der Waals surface area contributed by atoms with Crippen LogP contribution in [0.3, 0.4) is 0 Å². The number of anilines is 1. The first-order valence-corrected chi connectivity index (χ1v) is 4.93. The molecular weight excluding hydrogens is 222 g/mol. The third-order valence-electron chi connectivity index (χ3n) is 2.33. The molecule has 0 fully saturated rings. The summed E-state index contributed by atoms with van der Waals surface area (Å²) in [5.41, 5.74) is 5.13. The van der Waals surface area contributed by atoms with Crippen molar-refractivity contribution in [3.05, 3.63) is 56.9 Å². The summed E-state index contributed by atoms with van der Waals surface area (Å²) in [4.78, 5) is 24.6. The Balaban J connectivity index is 2.36. The van der Waals surface area contributed by atoms with Crippen LogP contribution in [0.4, 0.5) is 5.69 Å². The van der Waals surface area contributed by atoms with Crippen LogP contribution in [-0.4, -0.2) is 14.7 Å². The number of hydrogen-bond acceptors (Lipinski definition) is 4. The van der Waals surface area contributed by atoms with E-state index in [2.05, 4.69) is 4.98 Å². The van der Waals surface area contributed by atoms with E-state index in [1.807, 2.05) is 0 Å². The molecule has 0 aliphatic rings. The van der Waals surface area contributed by atoms with Gasteiger partial charge in [0.15, 0.2) is 0 Å². The molecule has 0 saturated heterocycles. The van der Waals surface area contributed by atoms with E-state index < -0.39 is 11.2 Å². The van der Waals surface area contributed by atoms with Gasteiger partial charge in [-0.1, -0.05) is 12.1 Å². The molecule has 2 aromatic rings. The van der Waals surface area contributed by atoms with Crippen LogP contribution in [0.25, 0.3) is 0 Å². The van der Waals surface area contributed by atoms with Gasteiger partial charge in [0.2, 0.25) is 0 Å². The molecule has 0 bridgehead atoms. The molecule has 0 amide bonds. The Kier molecular flexibility index (Phi) is 2.70. The van der Waals surface area contributed by atoms with Gasteiger partial charge in [0, 0.05) is 6.20 Å². The number of aromatic nitrogens is 2. The fraction of sp³-hybridized carbons (Fsp3) is 0.0909. The molecule has 1 aromatic carbocycles. The minimum atomic E-state index is -0.586. The summed E-state index contributed by atoms with van der Waals surface area (Å²) in [6.07, 6.45) is 1.30. The smallest absolute Gasteiger partial charge is 0.328 e. The third kappa shape index (κ3) is 2.36. The van der Waals surface area contributed by atoms with Crippen LogP contribution in [0, 0.1) is 0 Å².